The van der Waals surface area contributed by atoms with Crippen molar-refractivity contribution in [3.05, 3.63) is 72.3 Å². The molecule has 154 valence electrons. The van der Waals surface area contributed by atoms with Gasteiger partial charge in [0.1, 0.15) is 5.75 Å². The summed E-state index contributed by atoms with van der Waals surface area (Å²) in [6.45, 7) is 5.26. The monoisotopic (exact) mass is 417 g/mol. The molecule has 0 unspecified atom stereocenters. The molecule has 29 heavy (non-hydrogen) atoms. The van der Waals surface area contributed by atoms with Crippen molar-refractivity contribution in [3.8, 4) is 5.75 Å². The van der Waals surface area contributed by atoms with Gasteiger partial charge in [0.05, 0.1) is 4.90 Å². The van der Waals surface area contributed by atoms with E-state index in [4.69, 9.17) is 4.74 Å². The topological polar surface area (TPSA) is 114 Å². The molecule has 0 saturated heterocycles. The third-order valence-corrected chi connectivity index (χ3v) is 5.26. The maximum Gasteiger partial charge on any atom is 0.276 e. The molecule has 0 aromatic heterocycles. The van der Waals surface area contributed by atoms with Crippen molar-refractivity contribution in [1.29, 1.82) is 0 Å². The van der Waals surface area contributed by atoms with E-state index in [0.717, 1.165) is 12.0 Å². The van der Waals surface area contributed by atoms with Gasteiger partial charge < -0.3 is 4.74 Å². The van der Waals surface area contributed by atoms with E-state index >= 15 is 0 Å². The fraction of sp³-hybridized carbons (Fsp3) is 0.200. The summed E-state index contributed by atoms with van der Waals surface area (Å²) in [6, 6.07) is 12.8. The number of sulfonamides is 1. The SMILES string of the molecule is C=CCNS(=O)(=O)c1cccc(C(=O)NNC(=O)COc2ccc(CC)cc2)c1. The molecule has 0 radical (unpaired) electrons. The number of nitrogens with one attached hydrogen (secondary N) is 3. The molecule has 0 aliphatic rings. The van der Waals surface area contributed by atoms with Crippen LogP contribution in [0.15, 0.2) is 66.1 Å². The zero-order chi connectivity index (χ0) is 21.3. The summed E-state index contributed by atoms with van der Waals surface area (Å²) in [4.78, 5) is 24.0. The first-order valence-electron chi connectivity index (χ1n) is 8.87. The zero-order valence-corrected chi connectivity index (χ0v) is 16.8. The fourth-order valence-electron chi connectivity index (χ4n) is 2.26. The van der Waals surface area contributed by atoms with Crippen LogP contribution in [-0.2, 0) is 21.2 Å². The van der Waals surface area contributed by atoms with Gasteiger partial charge in [0.15, 0.2) is 6.61 Å². The first-order valence-corrected chi connectivity index (χ1v) is 10.4. The Kier molecular flexibility index (Phi) is 7.93. The maximum atomic E-state index is 12.2. The minimum Gasteiger partial charge on any atom is -0.484 e. The second kappa shape index (κ2) is 10.4. The van der Waals surface area contributed by atoms with E-state index in [1.807, 2.05) is 19.1 Å². The molecule has 2 rings (SSSR count). The molecule has 0 spiro atoms. The Balaban J connectivity index is 1.88. The molecule has 0 saturated carbocycles. The number of benzene rings is 2. The second-order valence-corrected chi connectivity index (χ2v) is 7.72. The molecule has 3 N–H and O–H groups in total. The van der Waals surface area contributed by atoms with Crippen LogP contribution < -0.4 is 20.3 Å². The highest BCUT2D eigenvalue weighted by atomic mass is 32.2. The van der Waals surface area contributed by atoms with Crippen LogP contribution in [0.25, 0.3) is 0 Å². The predicted molar refractivity (Wildman–Crippen MR) is 109 cm³/mol. The summed E-state index contributed by atoms with van der Waals surface area (Å²) in [5, 5.41) is 0. The number of rotatable bonds is 9. The number of hydrogen-bond acceptors (Lipinski definition) is 5. The highest BCUT2D eigenvalue weighted by molar-refractivity contribution is 7.89. The Morgan fingerprint density at radius 2 is 1.83 bits per heavy atom. The maximum absolute atomic E-state index is 12.2. The third-order valence-electron chi connectivity index (χ3n) is 3.84. The quantitative estimate of drug-likeness (QED) is 0.423. The van der Waals surface area contributed by atoms with Gasteiger partial charge in [-0.2, -0.15) is 0 Å². The van der Waals surface area contributed by atoms with Crippen molar-refractivity contribution in [2.24, 2.45) is 0 Å². The molecular weight excluding hydrogens is 394 g/mol. The van der Waals surface area contributed by atoms with Crippen molar-refractivity contribution in [2.45, 2.75) is 18.2 Å². The minimum atomic E-state index is -3.76. The van der Waals surface area contributed by atoms with Crippen LogP contribution in [0.4, 0.5) is 0 Å². The van der Waals surface area contributed by atoms with Gasteiger partial charge in [-0.3, -0.25) is 20.4 Å². The van der Waals surface area contributed by atoms with E-state index in [2.05, 4.69) is 22.2 Å². The standard InChI is InChI=1S/C20H23N3O5S/c1-3-12-21-29(26,27)18-7-5-6-16(13-18)20(25)23-22-19(24)14-28-17-10-8-15(4-2)9-11-17/h3,5-11,13,21H,1,4,12,14H2,2H3,(H,22,24)(H,23,25). The van der Waals surface area contributed by atoms with Gasteiger partial charge in [-0.15, -0.1) is 6.58 Å². The Hall–Kier alpha value is -3.17. The number of carbonyl (C=O) groups excluding carboxylic acids is 2. The summed E-state index contributed by atoms with van der Waals surface area (Å²) in [6.07, 6.45) is 2.31. The Labute approximate surface area is 170 Å². The molecule has 2 aromatic carbocycles. The van der Waals surface area contributed by atoms with Crippen LogP contribution in [0.5, 0.6) is 5.75 Å². The van der Waals surface area contributed by atoms with E-state index in [-0.39, 0.29) is 23.6 Å². The Morgan fingerprint density at radius 3 is 2.48 bits per heavy atom. The van der Waals surface area contributed by atoms with E-state index in [0.29, 0.717) is 5.75 Å². The summed E-state index contributed by atoms with van der Waals surface area (Å²) in [5.74, 6) is -0.686. The molecule has 0 heterocycles. The Morgan fingerprint density at radius 1 is 1.10 bits per heavy atom. The summed E-state index contributed by atoms with van der Waals surface area (Å²) in [5.41, 5.74) is 5.67. The number of ether oxygens (including phenoxy) is 1. The number of amides is 2. The normalized spacial score (nSPS) is 10.8. The molecule has 0 aliphatic carbocycles. The van der Waals surface area contributed by atoms with E-state index in [9.17, 15) is 18.0 Å². The highest BCUT2D eigenvalue weighted by Gasteiger charge is 2.15. The molecule has 8 nitrogen and oxygen atoms in total. The third kappa shape index (κ3) is 6.74. The lowest BCUT2D eigenvalue weighted by molar-refractivity contribution is -0.123. The lowest BCUT2D eigenvalue weighted by atomic mass is 10.2. The average Bonchev–Trinajstić information content (AvgIpc) is 2.75. The van der Waals surface area contributed by atoms with Crippen LogP contribution in [-0.4, -0.2) is 33.4 Å². The molecule has 0 bridgehead atoms. The molecule has 0 aliphatic heterocycles. The summed E-state index contributed by atoms with van der Waals surface area (Å²) in [7, 11) is -3.76. The van der Waals surface area contributed by atoms with Crippen LogP contribution in [0.3, 0.4) is 0 Å². The van der Waals surface area contributed by atoms with Gasteiger partial charge in [0.2, 0.25) is 10.0 Å². The van der Waals surface area contributed by atoms with Crippen molar-refractivity contribution in [1.82, 2.24) is 15.6 Å². The van der Waals surface area contributed by atoms with Gasteiger partial charge in [-0.1, -0.05) is 31.2 Å². The van der Waals surface area contributed by atoms with Crippen LogP contribution in [0.1, 0.15) is 22.8 Å². The lowest BCUT2D eigenvalue weighted by Gasteiger charge is -2.10. The molecule has 9 heteroatoms. The summed E-state index contributed by atoms with van der Waals surface area (Å²) < 4.78 is 31.9. The van der Waals surface area contributed by atoms with Gasteiger partial charge in [0, 0.05) is 12.1 Å². The Bertz CT molecular complexity index is 972. The van der Waals surface area contributed by atoms with E-state index < -0.39 is 21.8 Å². The van der Waals surface area contributed by atoms with Crippen molar-refractivity contribution < 1.29 is 22.7 Å². The van der Waals surface area contributed by atoms with E-state index in [1.54, 1.807) is 12.1 Å². The van der Waals surface area contributed by atoms with Gasteiger partial charge in [-0.25, -0.2) is 13.1 Å². The fourth-order valence-corrected chi connectivity index (χ4v) is 3.31. The van der Waals surface area contributed by atoms with Crippen molar-refractivity contribution in [3.63, 3.8) is 0 Å². The molecule has 0 fully saturated rings. The molecular formula is C20H23N3O5S. The number of carbonyl (C=O) groups is 2. The number of hydrogen-bond donors (Lipinski definition) is 3. The first-order chi connectivity index (χ1) is 13.9. The van der Waals surface area contributed by atoms with Crippen LogP contribution in [0, 0.1) is 0 Å². The van der Waals surface area contributed by atoms with Crippen molar-refractivity contribution >= 4 is 21.8 Å². The molecule has 0 atom stereocenters. The smallest absolute Gasteiger partial charge is 0.276 e. The number of hydrazine groups is 1. The summed E-state index contributed by atoms with van der Waals surface area (Å²) >= 11 is 0. The first kappa shape index (κ1) is 22.1. The molecule has 2 amide bonds. The van der Waals surface area contributed by atoms with Gasteiger partial charge in [0.25, 0.3) is 11.8 Å². The average molecular weight is 417 g/mol. The van der Waals surface area contributed by atoms with Crippen LogP contribution >= 0.6 is 0 Å². The highest BCUT2D eigenvalue weighted by Crippen LogP contribution is 2.13. The van der Waals surface area contributed by atoms with Gasteiger partial charge in [-0.05, 0) is 42.3 Å². The second-order valence-electron chi connectivity index (χ2n) is 5.96. The zero-order valence-electron chi connectivity index (χ0n) is 16.0. The number of aryl methyl sites for hydroxylation is 1. The largest absolute Gasteiger partial charge is 0.484 e. The minimum absolute atomic E-state index is 0.0655. The van der Waals surface area contributed by atoms with Crippen LogP contribution in [0.2, 0.25) is 0 Å². The predicted octanol–water partition coefficient (Wildman–Crippen LogP) is 1.55. The van der Waals surface area contributed by atoms with Crippen molar-refractivity contribution in [2.75, 3.05) is 13.2 Å². The lowest BCUT2D eigenvalue weighted by Crippen LogP contribution is -2.43. The van der Waals surface area contributed by atoms with Gasteiger partial charge >= 0.3 is 0 Å². The molecule has 2 aromatic rings. The van der Waals surface area contributed by atoms with E-state index in [1.165, 1.54) is 30.3 Å².